The highest BCUT2D eigenvalue weighted by molar-refractivity contribution is 5.44. The Bertz CT molecular complexity index is 512. The summed E-state index contributed by atoms with van der Waals surface area (Å²) < 4.78 is 5.93. The molecule has 1 aliphatic heterocycles. The number of hydrogen-bond acceptors (Lipinski definition) is 7. The minimum atomic E-state index is 0.348. The molecule has 0 radical (unpaired) electrons. The topological polar surface area (TPSA) is 75.2 Å². The van der Waals surface area contributed by atoms with E-state index in [-0.39, 0.29) is 0 Å². The Kier molecular flexibility index (Phi) is 8.18. The standard InChI is InChI=1S/C18H30N6O/c1-4-7-14-25-15-8-12-24(13-9-15)18-22-16(19-10-5-2)21-17(23-18)20-11-6-3/h5-6,15H,2-4,7-14H2,1H3,(H2,19,20,21,22,23). The SMILES string of the molecule is C=CCNc1nc(NCC=C)nc(N2CCC(OCCCC)CC2)n1. The molecule has 1 fully saturated rings. The summed E-state index contributed by atoms with van der Waals surface area (Å²) in [5.41, 5.74) is 0. The molecular formula is C18H30N6O. The molecule has 0 spiro atoms. The van der Waals surface area contributed by atoms with Crippen molar-refractivity contribution in [1.29, 1.82) is 0 Å². The Hall–Kier alpha value is -2.15. The van der Waals surface area contributed by atoms with E-state index in [9.17, 15) is 0 Å². The summed E-state index contributed by atoms with van der Waals surface area (Å²) in [6.07, 6.45) is 8.20. The molecule has 2 N–H and O–H groups in total. The molecule has 0 bridgehead atoms. The van der Waals surface area contributed by atoms with Gasteiger partial charge in [-0.2, -0.15) is 15.0 Å². The largest absolute Gasteiger partial charge is 0.378 e. The monoisotopic (exact) mass is 346 g/mol. The number of anilines is 3. The molecule has 1 aliphatic rings. The molecule has 2 rings (SSSR count). The lowest BCUT2D eigenvalue weighted by atomic mass is 10.1. The van der Waals surface area contributed by atoms with E-state index in [1.165, 1.54) is 6.42 Å². The van der Waals surface area contributed by atoms with E-state index in [4.69, 9.17) is 4.74 Å². The number of ether oxygens (including phenoxy) is 1. The van der Waals surface area contributed by atoms with Crippen molar-refractivity contribution in [3.8, 4) is 0 Å². The van der Waals surface area contributed by atoms with Crippen LogP contribution in [-0.2, 0) is 4.74 Å². The zero-order valence-corrected chi connectivity index (χ0v) is 15.2. The van der Waals surface area contributed by atoms with Crippen molar-refractivity contribution in [2.45, 2.75) is 38.7 Å². The second kappa shape index (κ2) is 10.7. The summed E-state index contributed by atoms with van der Waals surface area (Å²) in [5.74, 6) is 1.80. The molecular weight excluding hydrogens is 316 g/mol. The minimum absolute atomic E-state index is 0.348. The average molecular weight is 346 g/mol. The second-order valence-electron chi connectivity index (χ2n) is 6.03. The van der Waals surface area contributed by atoms with Crippen LogP contribution in [-0.4, -0.2) is 53.8 Å². The predicted molar refractivity (Wildman–Crippen MR) is 103 cm³/mol. The molecule has 1 aromatic rings. The van der Waals surface area contributed by atoms with Gasteiger partial charge < -0.3 is 20.3 Å². The molecule has 0 atom stereocenters. The fraction of sp³-hybridized carbons (Fsp3) is 0.611. The number of aromatic nitrogens is 3. The van der Waals surface area contributed by atoms with Crippen molar-refractivity contribution < 1.29 is 4.74 Å². The molecule has 2 heterocycles. The third-order valence-electron chi connectivity index (χ3n) is 4.01. The number of rotatable bonds is 11. The summed E-state index contributed by atoms with van der Waals surface area (Å²) in [4.78, 5) is 15.7. The number of unbranched alkanes of at least 4 members (excludes halogenated alkanes) is 1. The van der Waals surface area contributed by atoms with Gasteiger partial charge in [-0.15, -0.1) is 13.2 Å². The van der Waals surface area contributed by atoms with Crippen LogP contribution in [0.25, 0.3) is 0 Å². The van der Waals surface area contributed by atoms with Crippen LogP contribution in [0.3, 0.4) is 0 Å². The van der Waals surface area contributed by atoms with Crippen LogP contribution in [0.2, 0.25) is 0 Å². The highest BCUT2D eigenvalue weighted by atomic mass is 16.5. The van der Waals surface area contributed by atoms with E-state index in [2.05, 4.69) is 50.6 Å². The second-order valence-corrected chi connectivity index (χ2v) is 6.03. The highest BCUT2D eigenvalue weighted by Crippen LogP contribution is 2.20. The van der Waals surface area contributed by atoms with Crippen molar-refractivity contribution in [1.82, 2.24) is 15.0 Å². The lowest BCUT2D eigenvalue weighted by Gasteiger charge is -2.32. The Morgan fingerprint density at radius 3 is 2.20 bits per heavy atom. The maximum absolute atomic E-state index is 5.93. The van der Waals surface area contributed by atoms with E-state index in [1.54, 1.807) is 12.2 Å². The Balaban J connectivity index is 1.99. The molecule has 7 nitrogen and oxygen atoms in total. The number of hydrogen-bond donors (Lipinski definition) is 2. The third-order valence-corrected chi connectivity index (χ3v) is 4.01. The lowest BCUT2D eigenvalue weighted by Crippen LogP contribution is -2.38. The predicted octanol–water partition coefficient (Wildman–Crippen LogP) is 2.85. The molecule has 25 heavy (non-hydrogen) atoms. The summed E-state index contributed by atoms with van der Waals surface area (Å²) in [6, 6.07) is 0. The first-order valence-corrected chi connectivity index (χ1v) is 9.09. The van der Waals surface area contributed by atoms with Gasteiger partial charge in [-0.25, -0.2) is 0 Å². The van der Waals surface area contributed by atoms with Crippen LogP contribution in [0.4, 0.5) is 17.8 Å². The van der Waals surface area contributed by atoms with Crippen molar-refractivity contribution in [2.24, 2.45) is 0 Å². The summed E-state index contributed by atoms with van der Waals surface area (Å²) in [6.45, 7) is 13.5. The lowest BCUT2D eigenvalue weighted by molar-refractivity contribution is 0.0353. The van der Waals surface area contributed by atoms with Gasteiger partial charge in [0, 0.05) is 32.8 Å². The van der Waals surface area contributed by atoms with Gasteiger partial charge in [-0.05, 0) is 19.3 Å². The fourth-order valence-electron chi connectivity index (χ4n) is 2.61. The van der Waals surface area contributed by atoms with Gasteiger partial charge >= 0.3 is 0 Å². The van der Waals surface area contributed by atoms with Crippen molar-refractivity contribution in [3.05, 3.63) is 25.3 Å². The smallest absolute Gasteiger partial charge is 0.231 e. The minimum Gasteiger partial charge on any atom is -0.378 e. The van der Waals surface area contributed by atoms with E-state index < -0.39 is 0 Å². The van der Waals surface area contributed by atoms with E-state index in [0.717, 1.165) is 39.0 Å². The van der Waals surface area contributed by atoms with Crippen LogP contribution in [0.15, 0.2) is 25.3 Å². The van der Waals surface area contributed by atoms with Crippen LogP contribution in [0.5, 0.6) is 0 Å². The molecule has 1 saturated heterocycles. The van der Waals surface area contributed by atoms with Gasteiger partial charge in [0.05, 0.1) is 6.10 Å². The van der Waals surface area contributed by atoms with E-state index >= 15 is 0 Å². The summed E-state index contributed by atoms with van der Waals surface area (Å²) in [7, 11) is 0. The number of piperidine rings is 1. The van der Waals surface area contributed by atoms with Gasteiger partial charge in [0.1, 0.15) is 0 Å². The average Bonchev–Trinajstić information content (AvgIpc) is 2.65. The molecule has 0 aliphatic carbocycles. The van der Waals surface area contributed by atoms with Gasteiger partial charge in [-0.3, -0.25) is 0 Å². The Morgan fingerprint density at radius 2 is 1.68 bits per heavy atom. The quantitative estimate of drug-likeness (QED) is 0.471. The maximum Gasteiger partial charge on any atom is 0.231 e. The summed E-state index contributed by atoms with van der Waals surface area (Å²) >= 11 is 0. The van der Waals surface area contributed by atoms with Crippen LogP contribution >= 0.6 is 0 Å². The van der Waals surface area contributed by atoms with Crippen LogP contribution in [0.1, 0.15) is 32.6 Å². The zero-order valence-electron chi connectivity index (χ0n) is 15.2. The molecule has 0 unspecified atom stereocenters. The normalized spacial score (nSPS) is 15.0. The first-order valence-electron chi connectivity index (χ1n) is 9.09. The molecule has 1 aromatic heterocycles. The third kappa shape index (κ3) is 6.34. The van der Waals surface area contributed by atoms with Crippen molar-refractivity contribution in [2.75, 3.05) is 48.3 Å². The van der Waals surface area contributed by atoms with E-state index in [0.29, 0.717) is 37.0 Å². The molecule has 0 saturated carbocycles. The van der Waals surface area contributed by atoms with Crippen LogP contribution in [0, 0.1) is 0 Å². The maximum atomic E-state index is 5.93. The Morgan fingerprint density at radius 1 is 1.08 bits per heavy atom. The molecule has 7 heteroatoms. The first-order chi connectivity index (χ1) is 12.3. The zero-order chi connectivity index (χ0) is 17.9. The van der Waals surface area contributed by atoms with Crippen molar-refractivity contribution >= 4 is 17.8 Å². The number of nitrogens with one attached hydrogen (secondary N) is 2. The van der Waals surface area contributed by atoms with Gasteiger partial charge in [0.25, 0.3) is 0 Å². The molecule has 138 valence electrons. The first kappa shape index (κ1) is 19.2. The van der Waals surface area contributed by atoms with Gasteiger partial charge in [0.15, 0.2) is 0 Å². The van der Waals surface area contributed by atoms with Gasteiger partial charge in [-0.1, -0.05) is 25.5 Å². The van der Waals surface area contributed by atoms with Crippen molar-refractivity contribution in [3.63, 3.8) is 0 Å². The molecule has 0 amide bonds. The summed E-state index contributed by atoms with van der Waals surface area (Å²) in [5, 5.41) is 6.27. The fourth-order valence-corrected chi connectivity index (χ4v) is 2.61. The Labute approximate surface area is 150 Å². The molecule has 0 aromatic carbocycles. The van der Waals surface area contributed by atoms with Crippen LogP contribution < -0.4 is 15.5 Å². The van der Waals surface area contributed by atoms with E-state index in [1.807, 2.05) is 0 Å². The number of nitrogens with zero attached hydrogens (tertiary/aromatic N) is 4. The van der Waals surface area contributed by atoms with Gasteiger partial charge in [0.2, 0.25) is 17.8 Å². The highest BCUT2D eigenvalue weighted by Gasteiger charge is 2.22.